The number of nitrogens with zero attached hydrogens (tertiary/aromatic N) is 6. The Kier molecular flexibility index (Phi) is 6.53. The molecule has 0 radical (unpaired) electrons. The molecule has 1 fully saturated rings. The van der Waals surface area contributed by atoms with Crippen LogP contribution in [0.25, 0.3) is 21.6 Å². The first-order chi connectivity index (χ1) is 17.4. The van der Waals surface area contributed by atoms with E-state index in [1.54, 1.807) is 42.7 Å². The molecule has 3 aromatic heterocycles. The summed E-state index contributed by atoms with van der Waals surface area (Å²) < 4.78 is 11.7. The molecule has 0 aromatic carbocycles. The average Bonchev–Trinajstić information content (AvgIpc) is 3.31. The Morgan fingerprint density at radius 3 is 2.81 bits per heavy atom. The first-order valence-electron chi connectivity index (χ1n) is 11.3. The molecular weight excluding hydrogens is 484 g/mol. The third-order valence-electron chi connectivity index (χ3n) is 5.93. The number of aliphatic hydroxyl groups is 1. The molecule has 3 aromatic rings. The minimum Gasteiger partial charge on any atom is -0.481 e. The molecule has 5 heterocycles. The van der Waals surface area contributed by atoms with Crippen LogP contribution < -0.4 is 20.7 Å². The van der Waals surface area contributed by atoms with Gasteiger partial charge in [0.15, 0.2) is 11.6 Å². The Morgan fingerprint density at radius 2 is 2.17 bits per heavy atom. The number of morpholine rings is 1. The number of hydrogen-bond acceptors (Lipinski definition) is 12. The zero-order valence-electron chi connectivity index (χ0n) is 19.8. The standard InChI is InChI=1S/C23H26N8O4S/c1-30(23(33)26-11-15(12-27-23)20(24)32)13-16-9-17-19(36-16)22(31-5-7-35-8-6-31)29-21(28-17)14-3-4-18(34-2)25-10-14/h3-4,9-12,26,33H,5-8,13H2,1-2H3,(H2,24,32). The molecule has 0 aliphatic carbocycles. The normalized spacial score (nSPS) is 19.9. The number of pyridine rings is 1. The van der Waals surface area contributed by atoms with E-state index < -0.39 is 11.9 Å². The molecular formula is C23H26N8O4S. The van der Waals surface area contributed by atoms with Gasteiger partial charge in [-0.1, -0.05) is 0 Å². The second kappa shape index (κ2) is 9.78. The number of hydrogen-bond donors (Lipinski definition) is 3. The van der Waals surface area contributed by atoms with Crippen LogP contribution in [-0.4, -0.2) is 83.5 Å². The fourth-order valence-corrected chi connectivity index (χ4v) is 5.06. The second-order valence-electron chi connectivity index (χ2n) is 8.34. The van der Waals surface area contributed by atoms with Crippen LogP contribution in [0.3, 0.4) is 0 Å². The lowest BCUT2D eigenvalue weighted by Crippen LogP contribution is -2.55. The van der Waals surface area contributed by atoms with Crippen LogP contribution in [0.5, 0.6) is 5.88 Å². The maximum Gasteiger partial charge on any atom is 0.299 e. The molecule has 1 atom stereocenters. The van der Waals surface area contributed by atoms with Crippen molar-refractivity contribution >= 4 is 39.5 Å². The van der Waals surface area contributed by atoms with E-state index in [1.165, 1.54) is 12.4 Å². The summed E-state index contributed by atoms with van der Waals surface area (Å²) in [6.07, 6.45) is 4.31. The number of fused-ring (bicyclic) bond motifs is 1. The summed E-state index contributed by atoms with van der Waals surface area (Å²) in [5.74, 6) is -0.414. The number of aromatic nitrogens is 3. The zero-order valence-corrected chi connectivity index (χ0v) is 20.7. The summed E-state index contributed by atoms with van der Waals surface area (Å²) in [6.45, 7) is 3.08. The first-order valence-corrected chi connectivity index (χ1v) is 12.1. The molecule has 5 rings (SSSR count). The van der Waals surface area contributed by atoms with Gasteiger partial charge in [0.1, 0.15) is 0 Å². The number of anilines is 1. The molecule has 0 spiro atoms. The molecule has 0 saturated carbocycles. The number of primary amides is 1. The average molecular weight is 511 g/mol. The lowest BCUT2D eigenvalue weighted by Gasteiger charge is -2.34. The highest BCUT2D eigenvalue weighted by molar-refractivity contribution is 7.19. The van der Waals surface area contributed by atoms with Crippen molar-refractivity contribution in [3.8, 4) is 17.3 Å². The van der Waals surface area contributed by atoms with Crippen molar-refractivity contribution in [3.05, 3.63) is 41.0 Å². The number of carbonyl (C=O) groups is 1. The Balaban J connectivity index is 1.47. The third kappa shape index (κ3) is 4.73. The van der Waals surface area contributed by atoms with Gasteiger partial charge < -0.3 is 30.5 Å². The van der Waals surface area contributed by atoms with Gasteiger partial charge in [-0.2, -0.15) is 0 Å². The minimum absolute atomic E-state index is 0.181. The highest BCUT2D eigenvalue weighted by Gasteiger charge is 2.33. The fraction of sp³-hybridized carbons (Fsp3) is 0.348. The predicted octanol–water partition coefficient (Wildman–Crippen LogP) is 0.677. The SMILES string of the molecule is COc1ccc(-c2nc(N3CCOCC3)c3sc(CN(C)C4(O)N=CC(C(N)=O)=CN4)cc3n2)cn1. The van der Waals surface area contributed by atoms with Gasteiger partial charge in [0.25, 0.3) is 11.9 Å². The van der Waals surface area contributed by atoms with E-state index in [1.807, 2.05) is 12.1 Å². The van der Waals surface area contributed by atoms with Crippen molar-refractivity contribution in [3.63, 3.8) is 0 Å². The van der Waals surface area contributed by atoms with Crippen LogP contribution in [0.2, 0.25) is 0 Å². The molecule has 4 N–H and O–H groups in total. The van der Waals surface area contributed by atoms with E-state index in [2.05, 4.69) is 20.2 Å². The van der Waals surface area contributed by atoms with Crippen LogP contribution in [0.1, 0.15) is 4.88 Å². The van der Waals surface area contributed by atoms with E-state index in [4.69, 9.17) is 25.2 Å². The van der Waals surface area contributed by atoms with Gasteiger partial charge in [-0.3, -0.25) is 4.79 Å². The fourth-order valence-electron chi connectivity index (χ4n) is 3.89. The van der Waals surface area contributed by atoms with Crippen LogP contribution in [0, 0.1) is 0 Å². The molecule has 1 amide bonds. The third-order valence-corrected chi connectivity index (χ3v) is 7.04. The molecule has 1 saturated heterocycles. The number of ether oxygens (including phenoxy) is 2. The highest BCUT2D eigenvalue weighted by Crippen LogP contribution is 2.35. The maximum absolute atomic E-state index is 11.3. The molecule has 0 bridgehead atoms. The summed E-state index contributed by atoms with van der Waals surface area (Å²) in [5, 5.41) is 13.7. The summed E-state index contributed by atoms with van der Waals surface area (Å²) in [7, 11) is 3.30. The summed E-state index contributed by atoms with van der Waals surface area (Å²) >= 11 is 1.56. The lowest BCUT2D eigenvalue weighted by molar-refractivity contribution is -0.116. The molecule has 2 aliphatic rings. The number of methoxy groups -OCH3 is 1. The van der Waals surface area contributed by atoms with Crippen molar-refractivity contribution in [2.24, 2.45) is 10.7 Å². The number of aliphatic imine (C=N–C) groups is 1. The maximum atomic E-state index is 11.3. The number of carbonyl (C=O) groups excluding carboxylic acids is 1. The van der Waals surface area contributed by atoms with Gasteiger partial charge >= 0.3 is 0 Å². The second-order valence-corrected chi connectivity index (χ2v) is 9.48. The molecule has 2 aliphatic heterocycles. The summed E-state index contributed by atoms with van der Waals surface area (Å²) in [6, 6.07) is 5.65. The highest BCUT2D eigenvalue weighted by atomic mass is 32.1. The number of rotatable bonds is 7. The topological polar surface area (TPSA) is 151 Å². The zero-order chi connectivity index (χ0) is 25.3. The van der Waals surface area contributed by atoms with Gasteiger partial charge in [0, 0.05) is 54.8 Å². The van der Waals surface area contributed by atoms with E-state index in [0.29, 0.717) is 31.5 Å². The van der Waals surface area contributed by atoms with Crippen LogP contribution in [0.15, 0.2) is 41.2 Å². The smallest absolute Gasteiger partial charge is 0.299 e. The largest absolute Gasteiger partial charge is 0.481 e. The Morgan fingerprint density at radius 1 is 1.36 bits per heavy atom. The number of thiophene rings is 1. The van der Waals surface area contributed by atoms with Crippen molar-refractivity contribution in [1.29, 1.82) is 0 Å². The molecule has 188 valence electrons. The monoisotopic (exact) mass is 510 g/mol. The lowest BCUT2D eigenvalue weighted by atomic mass is 10.2. The van der Waals surface area contributed by atoms with Gasteiger partial charge in [0.2, 0.25) is 5.88 Å². The molecule has 36 heavy (non-hydrogen) atoms. The first kappa shape index (κ1) is 24.1. The van der Waals surface area contributed by atoms with Crippen molar-refractivity contribution in [2.75, 3.05) is 45.4 Å². The summed E-state index contributed by atoms with van der Waals surface area (Å²) in [5.41, 5.74) is 7.04. The van der Waals surface area contributed by atoms with Crippen molar-refractivity contribution < 1.29 is 19.4 Å². The van der Waals surface area contributed by atoms with Gasteiger partial charge in [-0.05, 0) is 19.2 Å². The van der Waals surface area contributed by atoms with Crippen LogP contribution in [-0.2, 0) is 16.1 Å². The van der Waals surface area contributed by atoms with Gasteiger partial charge in [-0.15, -0.1) is 11.3 Å². The molecule has 12 nitrogen and oxygen atoms in total. The minimum atomic E-state index is -1.71. The van der Waals surface area contributed by atoms with Gasteiger partial charge in [-0.25, -0.2) is 24.8 Å². The number of amides is 1. The number of nitrogens with one attached hydrogen (secondary N) is 1. The van der Waals surface area contributed by atoms with Gasteiger partial charge in [0.05, 0.1) is 36.1 Å². The Labute approximate surface area is 211 Å². The van der Waals surface area contributed by atoms with E-state index in [0.717, 1.165) is 39.6 Å². The van der Waals surface area contributed by atoms with E-state index in [-0.39, 0.29) is 5.57 Å². The Bertz CT molecular complexity index is 1340. The van der Waals surface area contributed by atoms with E-state index >= 15 is 0 Å². The van der Waals surface area contributed by atoms with Crippen LogP contribution in [0.4, 0.5) is 5.82 Å². The Hall–Kier alpha value is -3.65. The van der Waals surface area contributed by atoms with Crippen LogP contribution >= 0.6 is 11.3 Å². The molecule has 1 unspecified atom stereocenters. The van der Waals surface area contributed by atoms with Crippen molar-refractivity contribution in [2.45, 2.75) is 12.5 Å². The predicted molar refractivity (Wildman–Crippen MR) is 136 cm³/mol. The quantitative estimate of drug-likeness (QED) is 0.387. The van der Waals surface area contributed by atoms with E-state index in [9.17, 15) is 9.90 Å². The number of nitrogens with two attached hydrogens (primary N) is 1. The van der Waals surface area contributed by atoms with Crippen molar-refractivity contribution in [1.82, 2.24) is 25.2 Å². The summed E-state index contributed by atoms with van der Waals surface area (Å²) in [4.78, 5) is 34.2. The molecule has 13 heteroatoms.